The summed E-state index contributed by atoms with van der Waals surface area (Å²) in [5.74, 6) is 0. The Balaban J connectivity index is 2.65. The molecule has 0 aliphatic rings. The Morgan fingerprint density at radius 2 is 2.12 bits per heavy atom. The van der Waals surface area contributed by atoms with E-state index in [1.807, 2.05) is 6.07 Å². The lowest BCUT2D eigenvalue weighted by atomic mass is 10.1. The van der Waals surface area contributed by atoms with Gasteiger partial charge in [0.25, 0.3) is 10.2 Å². The van der Waals surface area contributed by atoms with Gasteiger partial charge in [-0.05, 0) is 17.7 Å². The molecule has 16 heavy (non-hydrogen) atoms. The van der Waals surface area contributed by atoms with E-state index in [0.29, 0.717) is 12.1 Å². The van der Waals surface area contributed by atoms with Gasteiger partial charge in [0.05, 0.1) is 11.6 Å². The molecule has 0 spiro atoms. The fraction of sp³-hybridized carbons (Fsp3) is 0.300. The van der Waals surface area contributed by atoms with E-state index in [1.54, 1.807) is 31.2 Å². The second kappa shape index (κ2) is 5.61. The molecule has 0 heterocycles. The van der Waals surface area contributed by atoms with Crippen molar-refractivity contribution in [3.05, 3.63) is 35.4 Å². The van der Waals surface area contributed by atoms with Gasteiger partial charge >= 0.3 is 0 Å². The highest BCUT2D eigenvalue weighted by Gasteiger charge is 2.06. The molecule has 0 unspecified atom stereocenters. The average Bonchev–Trinajstić information content (AvgIpc) is 2.27. The van der Waals surface area contributed by atoms with E-state index in [-0.39, 0.29) is 6.54 Å². The van der Waals surface area contributed by atoms with Crippen LogP contribution in [0.25, 0.3) is 0 Å². The number of nitriles is 1. The van der Waals surface area contributed by atoms with Gasteiger partial charge in [-0.15, -0.1) is 0 Å². The first kappa shape index (κ1) is 12.6. The quantitative estimate of drug-likeness (QED) is 0.785. The fourth-order valence-electron chi connectivity index (χ4n) is 1.17. The molecule has 1 aromatic carbocycles. The lowest BCUT2D eigenvalue weighted by Crippen LogP contribution is -2.35. The second-order valence-corrected chi connectivity index (χ2v) is 4.72. The van der Waals surface area contributed by atoms with Gasteiger partial charge in [0.1, 0.15) is 0 Å². The van der Waals surface area contributed by atoms with E-state index in [4.69, 9.17) is 5.26 Å². The molecule has 0 aromatic heterocycles. The topological polar surface area (TPSA) is 82.0 Å². The van der Waals surface area contributed by atoms with Gasteiger partial charge < -0.3 is 0 Å². The van der Waals surface area contributed by atoms with Crippen molar-refractivity contribution in [3.8, 4) is 6.07 Å². The first-order valence-electron chi connectivity index (χ1n) is 4.80. The summed E-state index contributed by atoms with van der Waals surface area (Å²) < 4.78 is 27.2. The first-order chi connectivity index (χ1) is 7.57. The molecular weight excluding hydrogens is 226 g/mol. The average molecular weight is 239 g/mol. The number of hydrogen-bond donors (Lipinski definition) is 2. The third-order valence-corrected chi connectivity index (χ3v) is 3.05. The normalized spacial score (nSPS) is 11.0. The summed E-state index contributed by atoms with van der Waals surface area (Å²) in [5, 5.41) is 8.67. The second-order valence-electron chi connectivity index (χ2n) is 3.13. The maximum atomic E-state index is 11.3. The molecule has 1 aromatic rings. The highest BCUT2D eigenvalue weighted by molar-refractivity contribution is 7.87. The van der Waals surface area contributed by atoms with Crippen molar-refractivity contribution in [2.24, 2.45) is 0 Å². The standard InChI is InChI=1S/C10H13N3O2S/c1-2-12-16(14,15)13-8-10-5-3-4-9(6-10)7-11/h3-6,12-13H,2,8H2,1H3. The Morgan fingerprint density at radius 1 is 1.38 bits per heavy atom. The number of nitrogens with one attached hydrogen (secondary N) is 2. The number of rotatable bonds is 5. The van der Waals surface area contributed by atoms with E-state index < -0.39 is 10.2 Å². The zero-order valence-electron chi connectivity index (χ0n) is 8.90. The van der Waals surface area contributed by atoms with Crippen molar-refractivity contribution in [2.45, 2.75) is 13.5 Å². The molecule has 0 amide bonds. The summed E-state index contributed by atoms with van der Waals surface area (Å²) in [4.78, 5) is 0. The van der Waals surface area contributed by atoms with E-state index in [0.717, 1.165) is 5.56 Å². The van der Waals surface area contributed by atoms with E-state index in [1.165, 1.54) is 0 Å². The van der Waals surface area contributed by atoms with Crippen molar-refractivity contribution < 1.29 is 8.42 Å². The lowest BCUT2D eigenvalue weighted by Gasteiger charge is -2.06. The molecule has 2 N–H and O–H groups in total. The molecular formula is C10H13N3O2S. The van der Waals surface area contributed by atoms with Crippen LogP contribution >= 0.6 is 0 Å². The molecule has 0 bridgehead atoms. The Labute approximate surface area is 95.3 Å². The molecule has 0 aliphatic heterocycles. The highest BCUT2D eigenvalue weighted by Crippen LogP contribution is 2.03. The zero-order valence-corrected chi connectivity index (χ0v) is 9.71. The predicted octanol–water partition coefficient (Wildman–Crippen LogP) is 0.502. The molecule has 86 valence electrons. The van der Waals surface area contributed by atoms with Gasteiger partial charge in [-0.1, -0.05) is 19.1 Å². The molecule has 0 radical (unpaired) electrons. The van der Waals surface area contributed by atoms with Crippen LogP contribution in [-0.2, 0) is 16.8 Å². The predicted molar refractivity (Wildman–Crippen MR) is 60.6 cm³/mol. The minimum Gasteiger partial charge on any atom is -0.203 e. The Morgan fingerprint density at radius 3 is 2.75 bits per heavy atom. The molecule has 0 fully saturated rings. The van der Waals surface area contributed by atoms with Crippen LogP contribution in [0.3, 0.4) is 0 Å². The summed E-state index contributed by atoms with van der Waals surface area (Å²) in [7, 11) is -3.43. The molecule has 5 nitrogen and oxygen atoms in total. The van der Waals surface area contributed by atoms with E-state index >= 15 is 0 Å². The van der Waals surface area contributed by atoms with Crippen molar-refractivity contribution in [1.29, 1.82) is 5.26 Å². The fourth-order valence-corrected chi connectivity index (χ4v) is 2.01. The Kier molecular flexibility index (Phi) is 4.43. The molecule has 6 heteroatoms. The smallest absolute Gasteiger partial charge is 0.203 e. The summed E-state index contributed by atoms with van der Waals surface area (Å²) >= 11 is 0. The van der Waals surface area contributed by atoms with Gasteiger partial charge in [0, 0.05) is 13.1 Å². The SMILES string of the molecule is CCNS(=O)(=O)NCc1cccc(C#N)c1. The van der Waals surface area contributed by atoms with Gasteiger partial charge in [-0.3, -0.25) is 0 Å². The molecule has 0 saturated heterocycles. The minimum absolute atomic E-state index is 0.171. The maximum Gasteiger partial charge on any atom is 0.277 e. The monoisotopic (exact) mass is 239 g/mol. The number of benzene rings is 1. The minimum atomic E-state index is -3.43. The largest absolute Gasteiger partial charge is 0.277 e. The molecule has 0 aliphatic carbocycles. The highest BCUT2D eigenvalue weighted by atomic mass is 32.2. The zero-order chi connectivity index (χ0) is 12.0. The molecule has 0 atom stereocenters. The van der Waals surface area contributed by atoms with Gasteiger partial charge in [-0.25, -0.2) is 4.72 Å². The number of nitrogens with zero attached hydrogens (tertiary/aromatic N) is 1. The van der Waals surface area contributed by atoms with Crippen LogP contribution in [0.1, 0.15) is 18.1 Å². The van der Waals surface area contributed by atoms with Gasteiger partial charge in [0.15, 0.2) is 0 Å². The van der Waals surface area contributed by atoms with Crippen LogP contribution in [0.5, 0.6) is 0 Å². The van der Waals surface area contributed by atoms with E-state index in [9.17, 15) is 8.42 Å². The van der Waals surface area contributed by atoms with Gasteiger partial charge in [-0.2, -0.15) is 18.4 Å². The summed E-state index contributed by atoms with van der Waals surface area (Å²) in [6, 6.07) is 8.79. The maximum absolute atomic E-state index is 11.3. The van der Waals surface area contributed by atoms with Crippen LogP contribution in [-0.4, -0.2) is 15.0 Å². The van der Waals surface area contributed by atoms with Gasteiger partial charge in [0.2, 0.25) is 0 Å². The Bertz CT molecular complexity index is 491. The third-order valence-electron chi connectivity index (χ3n) is 1.86. The van der Waals surface area contributed by atoms with E-state index in [2.05, 4.69) is 9.44 Å². The van der Waals surface area contributed by atoms with Crippen LogP contribution in [0.15, 0.2) is 24.3 Å². The molecule has 1 rings (SSSR count). The van der Waals surface area contributed by atoms with Crippen LogP contribution in [0, 0.1) is 11.3 Å². The van der Waals surface area contributed by atoms with Crippen molar-refractivity contribution in [2.75, 3.05) is 6.54 Å². The third kappa shape index (κ3) is 3.98. The van der Waals surface area contributed by atoms with Crippen molar-refractivity contribution in [1.82, 2.24) is 9.44 Å². The summed E-state index contributed by atoms with van der Waals surface area (Å²) in [6.07, 6.45) is 0. The van der Waals surface area contributed by atoms with Crippen LogP contribution < -0.4 is 9.44 Å². The number of hydrogen-bond acceptors (Lipinski definition) is 3. The van der Waals surface area contributed by atoms with Crippen molar-refractivity contribution >= 4 is 10.2 Å². The summed E-state index contributed by atoms with van der Waals surface area (Å²) in [6.45, 7) is 2.22. The first-order valence-corrected chi connectivity index (χ1v) is 6.29. The van der Waals surface area contributed by atoms with Crippen molar-refractivity contribution in [3.63, 3.8) is 0 Å². The molecule has 0 saturated carbocycles. The summed E-state index contributed by atoms with van der Waals surface area (Å²) in [5.41, 5.74) is 1.26. The lowest BCUT2D eigenvalue weighted by molar-refractivity contribution is 0.568. The Hall–Kier alpha value is -1.42. The van der Waals surface area contributed by atoms with Crippen LogP contribution in [0.4, 0.5) is 0 Å². The van der Waals surface area contributed by atoms with Crippen LogP contribution in [0.2, 0.25) is 0 Å².